The van der Waals surface area contributed by atoms with Crippen LogP contribution in [0.3, 0.4) is 0 Å². The van der Waals surface area contributed by atoms with Gasteiger partial charge in [0.15, 0.2) is 0 Å². The third-order valence-electron chi connectivity index (χ3n) is 2.77. The Morgan fingerprint density at radius 3 is 2.43 bits per heavy atom. The predicted octanol–water partition coefficient (Wildman–Crippen LogP) is 3.07. The van der Waals surface area contributed by atoms with E-state index in [1.807, 2.05) is 0 Å². The standard InChI is InChI=1S/C14H18F2N2O3/c1-14(2,3)18(7-6-12(19)20)13(21)17-11-8-9(15)4-5-10(11)16/h4-5,8H,6-7H2,1-3H3,(H,17,21)(H,19,20). The van der Waals surface area contributed by atoms with Gasteiger partial charge in [0.2, 0.25) is 0 Å². The van der Waals surface area contributed by atoms with Crippen LogP contribution in [-0.2, 0) is 4.79 Å². The number of carbonyl (C=O) groups excluding carboxylic acids is 1. The summed E-state index contributed by atoms with van der Waals surface area (Å²) in [5.41, 5.74) is -0.951. The second kappa shape index (κ2) is 6.51. The number of carboxylic acid groups (broad SMARTS) is 1. The van der Waals surface area contributed by atoms with Crippen LogP contribution in [0.2, 0.25) is 0 Å². The molecule has 0 atom stereocenters. The minimum atomic E-state index is -1.05. The van der Waals surface area contributed by atoms with E-state index >= 15 is 0 Å². The summed E-state index contributed by atoms with van der Waals surface area (Å²) in [4.78, 5) is 24.1. The first-order valence-corrected chi connectivity index (χ1v) is 6.36. The zero-order valence-corrected chi connectivity index (χ0v) is 12.1. The Balaban J connectivity index is 2.90. The van der Waals surface area contributed by atoms with Crippen LogP contribution in [0.4, 0.5) is 19.3 Å². The number of urea groups is 1. The number of nitrogens with zero attached hydrogens (tertiary/aromatic N) is 1. The monoisotopic (exact) mass is 300 g/mol. The minimum absolute atomic E-state index is 0.0401. The van der Waals surface area contributed by atoms with Crippen LogP contribution in [0.15, 0.2) is 18.2 Å². The van der Waals surface area contributed by atoms with E-state index in [2.05, 4.69) is 5.32 Å². The molecule has 1 aromatic carbocycles. The third kappa shape index (κ3) is 5.02. The molecule has 0 bridgehead atoms. The summed E-state index contributed by atoms with van der Waals surface area (Å²) in [6.45, 7) is 5.12. The van der Waals surface area contributed by atoms with Crippen molar-refractivity contribution in [3.05, 3.63) is 29.8 Å². The van der Waals surface area contributed by atoms with Crippen molar-refractivity contribution in [3.63, 3.8) is 0 Å². The molecule has 2 N–H and O–H groups in total. The molecule has 7 heteroatoms. The average Bonchev–Trinajstić information content (AvgIpc) is 2.32. The molecule has 21 heavy (non-hydrogen) atoms. The maximum absolute atomic E-state index is 13.5. The number of anilines is 1. The van der Waals surface area contributed by atoms with E-state index in [0.717, 1.165) is 18.2 Å². The van der Waals surface area contributed by atoms with Gasteiger partial charge in [-0.05, 0) is 32.9 Å². The highest BCUT2D eigenvalue weighted by molar-refractivity contribution is 5.90. The fourth-order valence-corrected chi connectivity index (χ4v) is 1.73. The number of hydrogen-bond donors (Lipinski definition) is 2. The zero-order valence-electron chi connectivity index (χ0n) is 12.1. The Morgan fingerprint density at radius 2 is 1.90 bits per heavy atom. The molecule has 5 nitrogen and oxygen atoms in total. The van der Waals surface area contributed by atoms with Gasteiger partial charge in [0, 0.05) is 18.2 Å². The summed E-state index contributed by atoms with van der Waals surface area (Å²) >= 11 is 0. The van der Waals surface area contributed by atoms with Crippen LogP contribution in [0.5, 0.6) is 0 Å². The minimum Gasteiger partial charge on any atom is -0.481 e. The summed E-state index contributed by atoms with van der Waals surface area (Å²) in [6, 6.07) is 2.03. The summed E-state index contributed by atoms with van der Waals surface area (Å²) in [7, 11) is 0. The Morgan fingerprint density at radius 1 is 1.29 bits per heavy atom. The Bertz CT molecular complexity index is 542. The summed E-state index contributed by atoms with van der Waals surface area (Å²) in [6.07, 6.45) is -0.240. The van der Waals surface area contributed by atoms with Crippen molar-refractivity contribution in [1.82, 2.24) is 4.90 Å². The Hall–Kier alpha value is -2.18. The Labute approximate surface area is 121 Å². The molecule has 0 aliphatic rings. The second-order valence-electron chi connectivity index (χ2n) is 5.52. The van der Waals surface area contributed by atoms with E-state index in [1.54, 1.807) is 20.8 Å². The SMILES string of the molecule is CC(C)(C)N(CCC(=O)O)C(=O)Nc1cc(F)ccc1F. The first-order valence-electron chi connectivity index (χ1n) is 6.36. The zero-order chi connectivity index (χ0) is 16.2. The lowest BCUT2D eigenvalue weighted by molar-refractivity contribution is -0.137. The molecule has 0 aromatic heterocycles. The lowest BCUT2D eigenvalue weighted by Gasteiger charge is -2.35. The molecule has 0 fully saturated rings. The highest BCUT2D eigenvalue weighted by Gasteiger charge is 2.27. The molecule has 0 spiro atoms. The molecule has 1 aromatic rings. The number of hydrogen-bond acceptors (Lipinski definition) is 2. The first-order chi connectivity index (χ1) is 9.61. The maximum Gasteiger partial charge on any atom is 0.322 e. The van der Waals surface area contributed by atoms with Crippen molar-refractivity contribution in [3.8, 4) is 0 Å². The van der Waals surface area contributed by atoms with Gasteiger partial charge in [0.05, 0.1) is 12.1 Å². The predicted molar refractivity (Wildman–Crippen MR) is 74.1 cm³/mol. The fourth-order valence-electron chi connectivity index (χ4n) is 1.73. The van der Waals surface area contributed by atoms with Crippen molar-refractivity contribution in [2.75, 3.05) is 11.9 Å². The molecule has 2 amide bonds. The van der Waals surface area contributed by atoms with E-state index in [0.29, 0.717) is 0 Å². The van der Waals surface area contributed by atoms with Crippen molar-refractivity contribution < 1.29 is 23.5 Å². The maximum atomic E-state index is 13.5. The summed E-state index contributed by atoms with van der Waals surface area (Å²) in [5, 5.41) is 11.0. The molecule has 0 saturated heterocycles. The molecule has 0 aliphatic carbocycles. The van der Waals surface area contributed by atoms with Gasteiger partial charge in [-0.15, -0.1) is 0 Å². The molecule has 0 saturated carbocycles. The van der Waals surface area contributed by atoms with Gasteiger partial charge >= 0.3 is 12.0 Å². The van der Waals surface area contributed by atoms with Gasteiger partial charge < -0.3 is 15.3 Å². The topological polar surface area (TPSA) is 69.6 Å². The van der Waals surface area contributed by atoms with Gasteiger partial charge in [-0.3, -0.25) is 4.79 Å². The third-order valence-corrected chi connectivity index (χ3v) is 2.77. The van der Waals surface area contributed by atoms with E-state index in [4.69, 9.17) is 5.11 Å². The van der Waals surface area contributed by atoms with Crippen molar-refractivity contribution in [2.45, 2.75) is 32.7 Å². The first kappa shape index (κ1) is 16.9. The van der Waals surface area contributed by atoms with E-state index in [-0.39, 0.29) is 18.7 Å². The number of benzene rings is 1. The molecule has 0 heterocycles. The molecular weight excluding hydrogens is 282 g/mol. The largest absolute Gasteiger partial charge is 0.481 e. The van der Waals surface area contributed by atoms with Crippen molar-refractivity contribution >= 4 is 17.7 Å². The quantitative estimate of drug-likeness (QED) is 0.897. The number of halogens is 2. The highest BCUT2D eigenvalue weighted by Crippen LogP contribution is 2.19. The molecule has 1 rings (SSSR count). The second-order valence-corrected chi connectivity index (χ2v) is 5.52. The van der Waals surface area contributed by atoms with Crippen molar-refractivity contribution in [2.24, 2.45) is 0 Å². The van der Waals surface area contributed by atoms with Crippen LogP contribution >= 0.6 is 0 Å². The van der Waals surface area contributed by atoms with Crippen LogP contribution in [0.1, 0.15) is 27.2 Å². The molecule has 0 aliphatic heterocycles. The number of aliphatic carboxylic acids is 1. The highest BCUT2D eigenvalue weighted by atomic mass is 19.1. The van der Waals surface area contributed by atoms with E-state index in [1.165, 1.54) is 4.90 Å². The summed E-state index contributed by atoms with van der Waals surface area (Å²) in [5.74, 6) is -2.50. The molecule has 0 unspecified atom stereocenters. The number of carbonyl (C=O) groups is 2. The smallest absolute Gasteiger partial charge is 0.322 e. The van der Waals surface area contributed by atoms with Gasteiger partial charge in [0.1, 0.15) is 11.6 Å². The van der Waals surface area contributed by atoms with Gasteiger partial charge in [-0.1, -0.05) is 0 Å². The van der Waals surface area contributed by atoms with E-state index in [9.17, 15) is 18.4 Å². The fraction of sp³-hybridized carbons (Fsp3) is 0.429. The lowest BCUT2D eigenvalue weighted by Crippen LogP contribution is -2.48. The Kier molecular flexibility index (Phi) is 5.23. The average molecular weight is 300 g/mol. The van der Waals surface area contributed by atoms with Crippen LogP contribution in [0, 0.1) is 11.6 Å². The number of amides is 2. The van der Waals surface area contributed by atoms with Gasteiger partial charge in [0.25, 0.3) is 0 Å². The van der Waals surface area contributed by atoms with Crippen molar-refractivity contribution in [1.29, 1.82) is 0 Å². The lowest BCUT2D eigenvalue weighted by atomic mass is 10.1. The number of rotatable bonds is 4. The van der Waals surface area contributed by atoms with Gasteiger partial charge in [-0.25, -0.2) is 13.6 Å². The summed E-state index contributed by atoms with van der Waals surface area (Å²) < 4.78 is 26.6. The van der Waals surface area contributed by atoms with Crippen LogP contribution < -0.4 is 5.32 Å². The molecular formula is C14H18F2N2O3. The van der Waals surface area contributed by atoms with E-state index < -0.39 is 29.2 Å². The molecule has 116 valence electrons. The number of carboxylic acids is 1. The van der Waals surface area contributed by atoms with Crippen LogP contribution in [0.25, 0.3) is 0 Å². The van der Waals surface area contributed by atoms with Crippen LogP contribution in [-0.4, -0.2) is 34.1 Å². The molecule has 0 radical (unpaired) electrons. The normalized spacial score (nSPS) is 11.1. The van der Waals surface area contributed by atoms with Gasteiger partial charge in [-0.2, -0.15) is 0 Å². The number of nitrogens with one attached hydrogen (secondary N) is 1.